The maximum atomic E-state index is 11.5. The zero-order chi connectivity index (χ0) is 11.2. The molecule has 0 atom stereocenters. The topological polar surface area (TPSA) is 41.1 Å². The van der Waals surface area contributed by atoms with Crippen molar-refractivity contribution in [2.45, 2.75) is 19.3 Å². The number of carbonyl (C=O) groups is 1. The zero-order valence-corrected chi connectivity index (χ0v) is 9.72. The Hall–Kier alpha value is -1.55. The molecule has 1 aromatic rings. The number of amides is 1. The Morgan fingerprint density at radius 2 is 2.38 bits per heavy atom. The highest BCUT2D eigenvalue weighted by molar-refractivity contribution is 7.12. The highest BCUT2D eigenvalue weighted by Crippen LogP contribution is 2.15. The van der Waals surface area contributed by atoms with E-state index in [0.29, 0.717) is 0 Å². The fourth-order valence-corrected chi connectivity index (χ4v) is 2.15. The van der Waals surface area contributed by atoms with E-state index in [9.17, 15) is 4.79 Å². The van der Waals surface area contributed by atoms with Crippen molar-refractivity contribution in [1.29, 1.82) is 0 Å². The van der Waals surface area contributed by atoms with Crippen LogP contribution in [0.3, 0.4) is 0 Å². The first-order chi connectivity index (χ1) is 7.86. The lowest BCUT2D eigenvalue weighted by molar-refractivity contribution is 0.0945. The summed E-state index contributed by atoms with van der Waals surface area (Å²) in [7, 11) is 0. The standard InChI is InChI=1S/C12H14N2OS/c15-12(11-7-4-8-16-11)14-13-9-10-5-2-1-3-6-10/h1-2,4,7-9,13H,3,5-6H2,(H,14,15)/b10-9+. The number of carbonyl (C=O) groups excluding carboxylic acids is 1. The van der Waals surface area contributed by atoms with E-state index in [-0.39, 0.29) is 5.91 Å². The SMILES string of the molecule is O=C(NN/C=C1\CC=CCC1)c1cccs1. The first-order valence-electron chi connectivity index (χ1n) is 5.28. The van der Waals surface area contributed by atoms with Gasteiger partial charge in [-0.2, -0.15) is 0 Å². The van der Waals surface area contributed by atoms with Gasteiger partial charge < -0.3 is 5.43 Å². The maximum absolute atomic E-state index is 11.5. The summed E-state index contributed by atoms with van der Waals surface area (Å²) in [5.74, 6) is -0.0850. The maximum Gasteiger partial charge on any atom is 0.279 e. The van der Waals surface area contributed by atoms with Crippen LogP contribution in [0.15, 0.2) is 41.4 Å². The Morgan fingerprint density at radius 3 is 3.06 bits per heavy atom. The molecule has 0 bridgehead atoms. The molecule has 0 saturated carbocycles. The molecule has 1 aliphatic carbocycles. The number of rotatable bonds is 3. The van der Waals surface area contributed by atoms with Crippen molar-refractivity contribution in [2.75, 3.05) is 0 Å². The van der Waals surface area contributed by atoms with Gasteiger partial charge in [0.2, 0.25) is 0 Å². The van der Waals surface area contributed by atoms with Crippen LogP contribution in [-0.2, 0) is 0 Å². The summed E-state index contributed by atoms with van der Waals surface area (Å²) in [6, 6.07) is 3.67. The normalized spacial score (nSPS) is 17.4. The van der Waals surface area contributed by atoms with Gasteiger partial charge in [0.25, 0.3) is 5.91 Å². The molecular weight excluding hydrogens is 220 g/mol. The summed E-state index contributed by atoms with van der Waals surface area (Å²) in [6.45, 7) is 0. The molecule has 0 saturated heterocycles. The highest BCUT2D eigenvalue weighted by Gasteiger charge is 2.04. The van der Waals surface area contributed by atoms with Gasteiger partial charge in [0.05, 0.1) is 4.88 Å². The second kappa shape index (κ2) is 5.51. The molecule has 0 unspecified atom stereocenters. The Kier molecular flexibility index (Phi) is 3.77. The van der Waals surface area contributed by atoms with Crippen LogP contribution in [0, 0.1) is 0 Å². The van der Waals surface area contributed by atoms with Crippen LogP contribution in [0.1, 0.15) is 28.9 Å². The molecule has 1 amide bonds. The average molecular weight is 234 g/mol. The molecule has 84 valence electrons. The molecular formula is C12H14N2OS. The number of thiophene rings is 1. The third kappa shape index (κ3) is 2.97. The van der Waals surface area contributed by atoms with Gasteiger partial charge in [-0.25, -0.2) is 0 Å². The van der Waals surface area contributed by atoms with E-state index in [2.05, 4.69) is 23.0 Å². The van der Waals surface area contributed by atoms with Crippen LogP contribution in [0.5, 0.6) is 0 Å². The van der Waals surface area contributed by atoms with Crippen LogP contribution >= 0.6 is 11.3 Å². The number of hydrogen-bond acceptors (Lipinski definition) is 3. The second-order valence-electron chi connectivity index (χ2n) is 3.59. The van der Waals surface area contributed by atoms with Crippen molar-refractivity contribution in [2.24, 2.45) is 0 Å². The molecule has 2 N–H and O–H groups in total. The number of hydrazine groups is 1. The molecule has 1 aliphatic rings. The second-order valence-corrected chi connectivity index (χ2v) is 4.54. The average Bonchev–Trinajstić information content (AvgIpc) is 2.84. The highest BCUT2D eigenvalue weighted by atomic mass is 32.1. The molecule has 2 rings (SSSR count). The van der Waals surface area contributed by atoms with Crippen molar-refractivity contribution in [1.82, 2.24) is 10.9 Å². The first-order valence-corrected chi connectivity index (χ1v) is 6.16. The minimum absolute atomic E-state index is 0.0850. The lowest BCUT2D eigenvalue weighted by Gasteiger charge is -2.09. The lowest BCUT2D eigenvalue weighted by Crippen LogP contribution is -2.33. The third-order valence-corrected chi connectivity index (χ3v) is 3.25. The Labute approximate surface area is 98.8 Å². The molecule has 0 radical (unpaired) electrons. The van der Waals surface area contributed by atoms with Gasteiger partial charge in [0.1, 0.15) is 0 Å². The molecule has 1 heterocycles. The van der Waals surface area contributed by atoms with Crippen LogP contribution < -0.4 is 10.9 Å². The molecule has 4 heteroatoms. The number of allylic oxidation sites excluding steroid dienone is 3. The predicted octanol–water partition coefficient (Wildman–Crippen LogP) is 2.61. The Balaban J connectivity index is 1.79. The number of nitrogens with one attached hydrogen (secondary N) is 2. The molecule has 0 spiro atoms. The lowest BCUT2D eigenvalue weighted by atomic mass is 10.0. The van der Waals surface area contributed by atoms with Gasteiger partial charge in [-0.05, 0) is 36.3 Å². The molecule has 0 fully saturated rings. The van der Waals surface area contributed by atoms with Gasteiger partial charge >= 0.3 is 0 Å². The fourth-order valence-electron chi connectivity index (χ4n) is 1.53. The molecule has 0 aliphatic heterocycles. The minimum atomic E-state index is -0.0850. The monoisotopic (exact) mass is 234 g/mol. The van der Waals surface area contributed by atoms with Crippen molar-refractivity contribution in [3.63, 3.8) is 0 Å². The van der Waals surface area contributed by atoms with E-state index in [4.69, 9.17) is 0 Å². The Morgan fingerprint density at radius 1 is 1.44 bits per heavy atom. The molecule has 3 nitrogen and oxygen atoms in total. The fraction of sp³-hybridized carbons (Fsp3) is 0.250. The van der Waals surface area contributed by atoms with E-state index < -0.39 is 0 Å². The summed E-state index contributed by atoms with van der Waals surface area (Å²) in [5, 5.41) is 1.89. The van der Waals surface area contributed by atoms with Crippen molar-refractivity contribution in [3.05, 3.63) is 46.3 Å². The molecule has 16 heavy (non-hydrogen) atoms. The van der Waals surface area contributed by atoms with Gasteiger partial charge in [-0.3, -0.25) is 10.2 Å². The van der Waals surface area contributed by atoms with E-state index in [1.54, 1.807) is 6.07 Å². The Bertz CT molecular complexity index is 407. The minimum Gasteiger partial charge on any atom is -0.306 e. The number of hydrogen-bond donors (Lipinski definition) is 2. The van der Waals surface area contributed by atoms with Crippen molar-refractivity contribution in [3.8, 4) is 0 Å². The van der Waals surface area contributed by atoms with Gasteiger partial charge in [-0.1, -0.05) is 18.2 Å². The summed E-state index contributed by atoms with van der Waals surface area (Å²) in [5.41, 5.74) is 6.82. The first kappa shape index (κ1) is 11.0. The summed E-state index contributed by atoms with van der Waals surface area (Å²) in [4.78, 5) is 12.3. The largest absolute Gasteiger partial charge is 0.306 e. The smallest absolute Gasteiger partial charge is 0.279 e. The zero-order valence-electron chi connectivity index (χ0n) is 8.90. The predicted molar refractivity (Wildman–Crippen MR) is 66.0 cm³/mol. The molecule has 0 aromatic carbocycles. The van der Waals surface area contributed by atoms with Crippen LogP contribution in [0.25, 0.3) is 0 Å². The third-order valence-electron chi connectivity index (χ3n) is 2.39. The van der Waals surface area contributed by atoms with Gasteiger partial charge in [0, 0.05) is 6.20 Å². The quantitative estimate of drug-likeness (QED) is 0.623. The van der Waals surface area contributed by atoms with Crippen molar-refractivity contribution >= 4 is 17.2 Å². The van der Waals surface area contributed by atoms with Crippen LogP contribution in [-0.4, -0.2) is 5.91 Å². The van der Waals surface area contributed by atoms with Crippen molar-refractivity contribution < 1.29 is 4.79 Å². The van der Waals surface area contributed by atoms with Gasteiger partial charge in [0.15, 0.2) is 0 Å². The van der Waals surface area contributed by atoms with Crippen LogP contribution in [0.4, 0.5) is 0 Å². The van der Waals surface area contributed by atoms with Gasteiger partial charge in [-0.15, -0.1) is 11.3 Å². The van der Waals surface area contributed by atoms with E-state index >= 15 is 0 Å². The van der Waals surface area contributed by atoms with E-state index in [1.807, 2.05) is 17.6 Å². The van der Waals surface area contributed by atoms with Crippen LogP contribution in [0.2, 0.25) is 0 Å². The summed E-state index contributed by atoms with van der Waals surface area (Å²) >= 11 is 1.43. The van der Waals surface area contributed by atoms with E-state index in [0.717, 1.165) is 24.1 Å². The molecule has 1 aromatic heterocycles. The van der Waals surface area contributed by atoms with E-state index in [1.165, 1.54) is 16.9 Å². The summed E-state index contributed by atoms with van der Waals surface area (Å²) < 4.78 is 0. The summed E-state index contributed by atoms with van der Waals surface area (Å²) in [6.07, 6.45) is 9.35.